The van der Waals surface area contributed by atoms with E-state index in [9.17, 15) is 9.59 Å². The molecule has 0 atom stereocenters. The second kappa shape index (κ2) is 10.4. The molecule has 200 valence electrons. The Balaban J connectivity index is 1.67. The number of carbonyl (C=O) groups excluding carboxylic acids is 1. The molecule has 0 spiro atoms. The van der Waals surface area contributed by atoms with Crippen molar-refractivity contribution in [2.75, 3.05) is 45.3 Å². The van der Waals surface area contributed by atoms with Crippen LogP contribution in [0, 0.1) is 20.8 Å². The summed E-state index contributed by atoms with van der Waals surface area (Å²) in [6, 6.07) is 10.2. The molecule has 0 saturated carbocycles. The first-order valence-corrected chi connectivity index (χ1v) is 13.1. The summed E-state index contributed by atoms with van der Waals surface area (Å²) < 4.78 is 12.9. The molecule has 9 heteroatoms. The van der Waals surface area contributed by atoms with Crippen LogP contribution in [0.3, 0.4) is 0 Å². The number of anilines is 2. The van der Waals surface area contributed by atoms with Crippen molar-refractivity contribution in [3.05, 3.63) is 63.1 Å². The van der Waals surface area contributed by atoms with Gasteiger partial charge >= 0.3 is 11.7 Å². The third-order valence-electron chi connectivity index (χ3n) is 7.43. The smallest absolute Gasteiger partial charge is 0.350 e. The van der Waals surface area contributed by atoms with Crippen LogP contribution in [0.2, 0.25) is 0 Å². The van der Waals surface area contributed by atoms with Crippen LogP contribution in [0.4, 0.5) is 16.3 Å². The lowest BCUT2D eigenvalue weighted by Gasteiger charge is -2.30. The number of amides is 2. The van der Waals surface area contributed by atoms with E-state index in [-0.39, 0.29) is 11.7 Å². The number of carbonyl (C=O) groups is 1. The molecule has 2 aromatic carbocycles. The normalized spacial score (nSPS) is 14.4. The van der Waals surface area contributed by atoms with Crippen molar-refractivity contribution in [1.82, 2.24) is 19.8 Å². The lowest BCUT2D eigenvalue weighted by atomic mass is 10.00. The number of methoxy groups -OCH3 is 2. The summed E-state index contributed by atoms with van der Waals surface area (Å²) in [5, 5.41) is 2.87. The van der Waals surface area contributed by atoms with E-state index in [1.807, 2.05) is 18.2 Å². The van der Waals surface area contributed by atoms with Gasteiger partial charge in [0.15, 0.2) is 11.5 Å². The van der Waals surface area contributed by atoms with Gasteiger partial charge in [-0.1, -0.05) is 17.7 Å². The molecule has 5 rings (SSSR count). The Labute approximate surface area is 223 Å². The fourth-order valence-electron chi connectivity index (χ4n) is 5.75. The molecule has 2 aliphatic heterocycles. The van der Waals surface area contributed by atoms with Gasteiger partial charge in [-0.25, -0.2) is 9.59 Å². The summed E-state index contributed by atoms with van der Waals surface area (Å²) >= 11 is 0. The number of hydrogen-bond donors (Lipinski definition) is 1. The van der Waals surface area contributed by atoms with E-state index in [2.05, 4.69) is 48.1 Å². The van der Waals surface area contributed by atoms with Crippen LogP contribution in [0.25, 0.3) is 11.3 Å². The largest absolute Gasteiger partial charge is 0.493 e. The Morgan fingerprint density at radius 1 is 0.974 bits per heavy atom. The maximum absolute atomic E-state index is 13.5. The summed E-state index contributed by atoms with van der Waals surface area (Å²) in [6.45, 7) is 9.13. The van der Waals surface area contributed by atoms with Crippen LogP contribution in [-0.4, -0.2) is 60.9 Å². The van der Waals surface area contributed by atoms with Crippen molar-refractivity contribution < 1.29 is 14.3 Å². The Morgan fingerprint density at radius 2 is 1.68 bits per heavy atom. The Kier molecular flexibility index (Phi) is 7.01. The summed E-state index contributed by atoms with van der Waals surface area (Å²) in [5.41, 5.74) is 6.94. The van der Waals surface area contributed by atoms with E-state index < -0.39 is 0 Å². The van der Waals surface area contributed by atoms with E-state index in [4.69, 9.17) is 9.47 Å². The summed E-state index contributed by atoms with van der Waals surface area (Å²) in [4.78, 5) is 34.2. The van der Waals surface area contributed by atoms with E-state index in [1.165, 1.54) is 5.56 Å². The van der Waals surface area contributed by atoms with Gasteiger partial charge in [-0.15, -0.1) is 0 Å². The zero-order chi connectivity index (χ0) is 27.0. The van der Waals surface area contributed by atoms with Gasteiger partial charge in [0, 0.05) is 50.0 Å². The van der Waals surface area contributed by atoms with E-state index in [0.29, 0.717) is 50.0 Å². The summed E-state index contributed by atoms with van der Waals surface area (Å²) in [6.07, 6.45) is 1.64. The number of hydrogen-bond acceptors (Lipinski definition) is 6. The zero-order valence-corrected chi connectivity index (χ0v) is 22.8. The van der Waals surface area contributed by atoms with Gasteiger partial charge in [-0.05, 0) is 62.4 Å². The molecular formula is C29H35N5O4. The number of benzene rings is 2. The highest BCUT2D eigenvalue weighted by Gasteiger charge is 2.26. The van der Waals surface area contributed by atoms with E-state index >= 15 is 0 Å². The SMILES string of the molecule is COc1cc2c(cc1OC)-c1cc(N(CCN3CCNC3=O)c3c(C)cc(C)cc3C)nc(=O)n1CCC2. The molecule has 2 aliphatic rings. The van der Waals surface area contributed by atoms with Crippen LogP contribution in [0.5, 0.6) is 11.5 Å². The van der Waals surface area contributed by atoms with Crippen molar-refractivity contribution >= 4 is 17.5 Å². The minimum absolute atomic E-state index is 0.0628. The molecule has 1 aromatic heterocycles. The summed E-state index contributed by atoms with van der Waals surface area (Å²) in [5.74, 6) is 1.86. The van der Waals surface area contributed by atoms with Gasteiger partial charge in [0.25, 0.3) is 0 Å². The predicted octanol–water partition coefficient (Wildman–Crippen LogP) is 3.96. The first-order chi connectivity index (χ1) is 18.3. The van der Waals surface area contributed by atoms with Crippen molar-refractivity contribution in [3.63, 3.8) is 0 Å². The average molecular weight is 518 g/mol. The van der Waals surface area contributed by atoms with Gasteiger partial charge < -0.3 is 24.6 Å². The van der Waals surface area contributed by atoms with Crippen LogP contribution >= 0.6 is 0 Å². The fourth-order valence-corrected chi connectivity index (χ4v) is 5.75. The molecule has 0 aliphatic carbocycles. The number of urea groups is 1. The lowest BCUT2D eigenvalue weighted by Crippen LogP contribution is -2.37. The number of nitrogens with one attached hydrogen (secondary N) is 1. The second-order valence-corrected chi connectivity index (χ2v) is 10.0. The van der Waals surface area contributed by atoms with Crippen LogP contribution < -0.4 is 25.4 Å². The van der Waals surface area contributed by atoms with Crippen molar-refractivity contribution in [3.8, 4) is 22.8 Å². The monoisotopic (exact) mass is 517 g/mol. The Morgan fingerprint density at radius 3 is 2.34 bits per heavy atom. The van der Waals surface area contributed by atoms with E-state index in [1.54, 1.807) is 23.7 Å². The standard InChI is InChI=1S/C29H35N5O4/c1-18-13-19(2)27(20(3)14-18)34(12-11-32-10-8-30-28(32)35)26-17-23-22-16-25(38-5)24(37-4)15-21(22)7-6-9-33(23)29(36)31-26/h13-17H,6-12H2,1-5H3,(H,30,35). The molecule has 2 amide bonds. The molecule has 9 nitrogen and oxygen atoms in total. The molecule has 1 saturated heterocycles. The first-order valence-electron chi connectivity index (χ1n) is 13.1. The summed E-state index contributed by atoms with van der Waals surface area (Å²) in [7, 11) is 3.25. The molecule has 0 unspecified atom stereocenters. The Bertz CT molecular complexity index is 1420. The molecular weight excluding hydrogens is 482 g/mol. The first kappa shape index (κ1) is 25.6. The van der Waals surface area contributed by atoms with Gasteiger partial charge in [-0.3, -0.25) is 4.57 Å². The van der Waals surface area contributed by atoms with Crippen molar-refractivity contribution in [2.24, 2.45) is 0 Å². The minimum atomic E-state index is -0.286. The second-order valence-electron chi connectivity index (χ2n) is 10.0. The third-order valence-corrected chi connectivity index (χ3v) is 7.43. The average Bonchev–Trinajstić information content (AvgIpc) is 3.20. The molecule has 3 aromatic rings. The van der Waals surface area contributed by atoms with Crippen molar-refractivity contribution in [1.29, 1.82) is 0 Å². The maximum atomic E-state index is 13.5. The van der Waals surface area contributed by atoms with Crippen LogP contribution in [0.15, 0.2) is 35.1 Å². The van der Waals surface area contributed by atoms with E-state index in [0.717, 1.165) is 46.5 Å². The molecule has 0 bridgehead atoms. The number of rotatable bonds is 7. The third kappa shape index (κ3) is 4.68. The highest BCUT2D eigenvalue weighted by Crippen LogP contribution is 2.39. The highest BCUT2D eigenvalue weighted by molar-refractivity contribution is 5.77. The molecule has 38 heavy (non-hydrogen) atoms. The highest BCUT2D eigenvalue weighted by atomic mass is 16.5. The zero-order valence-electron chi connectivity index (χ0n) is 22.8. The van der Waals surface area contributed by atoms with Gasteiger partial charge in [0.05, 0.1) is 19.9 Å². The lowest BCUT2D eigenvalue weighted by molar-refractivity contribution is 0.218. The maximum Gasteiger partial charge on any atom is 0.350 e. The van der Waals surface area contributed by atoms with Crippen molar-refractivity contribution in [2.45, 2.75) is 40.2 Å². The topological polar surface area (TPSA) is 88.9 Å². The quantitative estimate of drug-likeness (QED) is 0.510. The molecule has 3 heterocycles. The van der Waals surface area contributed by atoms with Gasteiger partial charge in [0.2, 0.25) is 0 Å². The number of aromatic nitrogens is 2. The fraction of sp³-hybridized carbons (Fsp3) is 0.414. The molecule has 1 fully saturated rings. The number of aryl methyl sites for hydroxylation is 4. The number of fused-ring (bicyclic) bond motifs is 3. The predicted molar refractivity (Wildman–Crippen MR) is 148 cm³/mol. The molecule has 0 radical (unpaired) electrons. The minimum Gasteiger partial charge on any atom is -0.493 e. The van der Waals surface area contributed by atoms with Gasteiger partial charge in [-0.2, -0.15) is 4.98 Å². The van der Waals surface area contributed by atoms with Crippen LogP contribution in [0.1, 0.15) is 28.7 Å². The number of nitrogens with zero attached hydrogens (tertiary/aromatic N) is 4. The molecule has 1 N–H and O–H groups in total. The Hall–Kier alpha value is -4.01. The van der Waals surface area contributed by atoms with Gasteiger partial charge in [0.1, 0.15) is 5.82 Å². The number of ether oxygens (including phenoxy) is 2. The van der Waals surface area contributed by atoms with Crippen LogP contribution in [-0.2, 0) is 13.0 Å².